The van der Waals surface area contributed by atoms with E-state index < -0.39 is 0 Å². The number of carbonyl (C=O) groups is 2. The molecule has 0 saturated carbocycles. The third-order valence-electron chi connectivity index (χ3n) is 3.76. The monoisotopic (exact) mass is 300 g/mol. The number of hydrogen-bond acceptors (Lipinski definition) is 4. The van der Waals surface area contributed by atoms with Gasteiger partial charge in [-0.15, -0.1) is 0 Å². The lowest BCUT2D eigenvalue weighted by Gasteiger charge is -2.29. The van der Waals surface area contributed by atoms with Crippen molar-refractivity contribution in [2.24, 2.45) is 0 Å². The quantitative estimate of drug-likeness (QED) is 0.699. The summed E-state index contributed by atoms with van der Waals surface area (Å²) in [6.45, 7) is 0.318. The first kappa shape index (κ1) is 13.9. The Morgan fingerprint density at radius 1 is 1.10 bits per heavy atom. The average Bonchev–Trinajstić information content (AvgIpc) is 2.48. The van der Waals surface area contributed by atoms with Crippen LogP contribution in [0.2, 0.25) is 0 Å². The van der Waals surface area contributed by atoms with Gasteiger partial charge in [-0.2, -0.15) is 12.6 Å². The molecule has 0 aliphatic carbocycles. The van der Waals surface area contributed by atoms with Gasteiger partial charge in [-0.3, -0.25) is 14.5 Å². The van der Waals surface area contributed by atoms with E-state index in [1.54, 1.807) is 6.07 Å². The van der Waals surface area contributed by atoms with Gasteiger partial charge in [0.25, 0.3) is 11.8 Å². The summed E-state index contributed by atoms with van der Waals surface area (Å²) >= 11 is 4.15. The van der Waals surface area contributed by atoms with Crippen LogP contribution in [0.25, 0.3) is 10.8 Å². The lowest BCUT2D eigenvalue weighted by molar-refractivity contribution is 0.0621. The Bertz CT molecular complexity index is 755. The number of hydrogen-bond donors (Lipinski definition) is 1. The second kappa shape index (κ2) is 5.07. The molecule has 0 spiro atoms. The summed E-state index contributed by atoms with van der Waals surface area (Å²) in [5.41, 5.74) is 2.03. The van der Waals surface area contributed by atoms with E-state index in [1.165, 1.54) is 4.90 Å². The van der Waals surface area contributed by atoms with Gasteiger partial charge in [0.15, 0.2) is 0 Å². The molecule has 0 radical (unpaired) electrons. The van der Waals surface area contributed by atoms with Gasteiger partial charge >= 0.3 is 0 Å². The van der Waals surface area contributed by atoms with Crippen LogP contribution >= 0.6 is 12.6 Å². The van der Waals surface area contributed by atoms with Gasteiger partial charge in [-0.05, 0) is 17.5 Å². The smallest absolute Gasteiger partial charge is 0.263 e. The molecule has 4 nitrogen and oxygen atoms in total. The molecule has 0 aromatic heterocycles. The predicted octanol–water partition coefficient (Wildman–Crippen LogP) is 2.43. The standard InChI is InChI=1S/C16H16N2O2S/c1-17(2)12-7-6-10-4-3-5-11-13(10)14(12)16(20)18(8-9-21)15(11)19/h3-7,21H,8-9H2,1-2H3. The molecule has 0 unspecified atom stereocenters. The molecule has 2 aromatic rings. The van der Waals surface area contributed by atoms with Crippen LogP contribution in [0.1, 0.15) is 20.7 Å². The zero-order valence-electron chi connectivity index (χ0n) is 12.0. The fourth-order valence-electron chi connectivity index (χ4n) is 2.81. The molecule has 2 aromatic carbocycles. The zero-order valence-corrected chi connectivity index (χ0v) is 12.9. The second-order valence-corrected chi connectivity index (χ2v) is 5.69. The molecule has 3 rings (SSSR count). The van der Waals surface area contributed by atoms with Crippen molar-refractivity contribution in [1.82, 2.24) is 4.90 Å². The number of imide groups is 1. The Labute approximate surface area is 128 Å². The lowest BCUT2D eigenvalue weighted by Crippen LogP contribution is -2.42. The van der Waals surface area contributed by atoms with Gasteiger partial charge < -0.3 is 4.90 Å². The van der Waals surface area contributed by atoms with E-state index in [-0.39, 0.29) is 11.8 Å². The van der Waals surface area contributed by atoms with Crippen molar-refractivity contribution in [3.63, 3.8) is 0 Å². The Morgan fingerprint density at radius 2 is 1.86 bits per heavy atom. The van der Waals surface area contributed by atoms with Crippen molar-refractivity contribution in [1.29, 1.82) is 0 Å². The van der Waals surface area contributed by atoms with Crippen molar-refractivity contribution < 1.29 is 9.59 Å². The second-order valence-electron chi connectivity index (χ2n) is 5.24. The Balaban J connectivity index is 2.38. The molecule has 0 N–H and O–H groups in total. The Hall–Kier alpha value is -2.01. The number of amides is 2. The zero-order chi connectivity index (χ0) is 15.1. The van der Waals surface area contributed by atoms with E-state index in [4.69, 9.17) is 0 Å². The van der Waals surface area contributed by atoms with Gasteiger partial charge in [0.05, 0.1) is 5.56 Å². The van der Waals surface area contributed by atoms with E-state index in [0.717, 1.165) is 16.5 Å². The van der Waals surface area contributed by atoms with Crippen molar-refractivity contribution >= 4 is 40.9 Å². The maximum Gasteiger partial charge on any atom is 0.263 e. The van der Waals surface area contributed by atoms with Crippen molar-refractivity contribution in [3.05, 3.63) is 41.5 Å². The summed E-state index contributed by atoms with van der Waals surface area (Å²) in [4.78, 5) is 28.5. The van der Waals surface area contributed by atoms with Crippen LogP contribution in [0.5, 0.6) is 0 Å². The summed E-state index contributed by atoms with van der Waals surface area (Å²) in [5.74, 6) is -0.0162. The number of nitrogens with zero attached hydrogens (tertiary/aromatic N) is 2. The minimum Gasteiger partial charge on any atom is -0.377 e. The number of benzene rings is 2. The fourth-order valence-corrected chi connectivity index (χ4v) is 3.01. The largest absolute Gasteiger partial charge is 0.377 e. The summed E-state index contributed by atoms with van der Waals surface area (Å²) in [7, 11) is 3.79. The van der Waals surface area contributed by atoms with Gasteiger partial charge in [0, 0.05) is 43.0 Å². The van der Waals surface area contributed by atoms with Crippen LogP contribution in [-0.4, -0.2) is 43.1 Å². The molecule has 1 aliphatic heterocycles. The number of anilines is 1. The third-order valence-corrected chi connectivity index (χ3v) is 3.96. The highest BCUT2D eigenvalue weighted by molar-refractivity contribution is 7.80. The first-order valence-electron chi connectivity index (χ1n) is 6.76. The van der Waals surface area contributed by atoms with Gasteiger partial charge in [0.2, 0.25) is 0 Å². The maximum atomic E-state index is 12.8. The van der Waals surface area contributed by atoms with Crippen molar-refractivity contribution in [3.8, 4) is 0 Å². The van der Waals surface area contributed by atoms with Crippen LogP contribution in [0.3, 0.4) is 0 Å². The molecule has 1 heterocycles. The summed E-state index contributed by atoms with van der Waals surface area (Å²) in [6.07, 6.45) is 0. The number of rotatable bonds is 3. The Kier molecular flexibility index (Phi) is 3.37. The maximum absolute atomic E-state index is 12.8. The van der Waals surface area contributed by atoms with Gasteiger partial charge in [-0.1, -0.05) is 18.2 Å². The molecule has 0 saturated heterocycles. The highest BCUT2D eigenvalue weighted by Crippen LogP contribution is 2.35. The third kappa shape index (κ3) is 2.00. The topological polar surface area (TPSA) is 40.6 Å². The van der Waals surface area contributed by atoms with Crippen LogP contribution in [0.15, 0.2) is 30.3 Å². The lowest BCUT2D eigenvalue weighted by atomic mass is 9.92. The average molecular weight is 300 g/mol. The van der Waals surface area contributed by atoms with E-state index in [1.807, 2.05) is 43.3 Å². The van der Waals surface area contributed by atoms with Gasteiger partial charge in [-0.25, -0.2) is 0 Å². The highest BCUT2D eigenvalue weighted by atomic mass is 32.1. The molecule has 108 valence electrons. The van der Waals surface area contributed by atoms with Crippen LogP contribution in [0, 0.1) is 0 Å². The summed E-state index contributed by atoms with van der Waals surface area (Å²) in [5, 5.41) is 1.68. The highest BCUT2D eigenvalue weighted by Gasteiger charge is 2.34. The van der Waals surface area contributed by atoms with Crippen LogP contribution in [-0.2, 0) is 0 Å². The van der Waals surface area contributed by atoms with E-state index in [0.29, 0.717) is 23.4 Å². The first-order valence-corrected chi connectivity index (χ1v) is 7.39. The number of thiol groups is 1. The van der Waals surface area contributed by atoms with Crippen molar-refractivity contribution in [2.75, 3.05) is 31.3 Å². The molecular weight excluding hydrogens is 284 g/mol. The first-order chi connectivity index (χ1) is 10.1. The Morgan fingerprint density at radius 3 is 2.52 bits per heavy atom. The predicted molar refractivity (Wildman–Crippen MR) is 87.5 cm³/mol. The SMILES string of the molecule is CN(C)c1ccc2cccc3c2c1C(=O)N(CCS)C3=O. The minimum atomic E-state index is -0.234. The van der Waals surface area contributed by atoms with E-state index >= 15 is 0 Å². The summed E-state index contributed by atoms with van der Waals surface area (Å²) < 4.78 is 0. The summed E-state index contributed by atoms with van der Waals surface area (Å²) in [6, 6.07) is 9.44. The molecule has 0 atom stereocenters. The number of carbonyl (C=O) groups excluding carboxylic acids is 2. The van der Waals surface area contributed by atoms with Crippen LogP contribution in [0.4, 0.5) is 5.69 Å². The van der Waals surface area contributed by atoms with Crippen LogP contribution < -0.4 is 4.90 Å². The molecular formula is C16H16N2O2S. The molecule has 0 fully saturated rings. The fraction of sp³-hybridized carbons (Fsp3) is 0.250. The van der Waals surface area contributed by atoms with Gasteiger partial charge in [0.1, 0.15) is 0 Å². The molecule has 0 bridgehead atoms. The molecule has 5 heteroatoms. The minimum absolute atomic E-state index is 0.233. The molecule has 2 amide bonds. The van der Waals surface area contributed by atoms with E-state index in [9.17, 15) is 9.59 Å². The molecule has 1 aliphatic rings. The van der Waals surface area contributed by atoms with Crippen molar-refractivity contribution in [2.45, 2.75) is 0 Å². The normalized spacial score (nSPS) is 14.0. The van der Waals surface area contributed by atoms with E-state index in [2.05, 4.69) is 12.6 Å². The molecule has 21 heavy (non-hydrogen) atoms.